The molecule has 0 unspecified atom stereocenters. The lowest BCUT2D eigenvalue weighted by Crippen LogP contribution is -2.31. The number of carbonyl (C=O) groups excluding carboxylic acids is 2. The van der Waals surface area contributed by atoms with Gasteiger partial charge in [0, 0.05) is 6.42 Å². The fourth-order valence-corrected chi connectivity index (χ4v) is 4.48. The van der Waals surface area contributed by atoms with Crippen molar-refractivity contribution in [3.8, 4) is 11.5 Å². The van der Waals surface area contributed by atoms with Crippen molar-refractivity contribution in [3.63, 3.8) is 0 Å². The molecular formula is C24H21ClN2O5S. The fraction of sp³-hybridized carbons (Fsp3) is 0.208. The Hall–Kier alpha value is -3.36. The van der Waals surface area contributed by atoms with E-state index >= 15 is 0 Å². The summed E-state index contributed by atoms with van der Waals surface area (Å²) in [6.45, 7) is -0.463. The minimum Gasteiger partial charge on any atom is -0.493 e. The smallest absolute Gasteiger partial charge is 0.340 e. The van der Waals surface area contributed by atoms with Gasteiger partial charge in [0.2, 0.25) is 0 Å². The second-order valence-corrected chi connectivity index (χ2v) is 8.51. The number of esters is 1. The SMILES string of the molecule is COc1ccc([C@H]2CC(c3cccs3)=NN2C(=O)COC(=O)c2ccccc2Cl)cc1OC. The highest BCUT2D eigenvalue weighted by Gasteiger charge is 2.34. The highest BCUT2D eigenvalue weighted by molar-refractivity contribution is 7.12. The molecule has 0 saturated heterocycles. The molecule has 33 heavy (non-hydrogen) atoms. The summed E-state index contributed by atoms with van der Waals surface area (Å²) < 4.78 is 16.0. The predicted molar refractivity (Wildman–Crippen MR) is 126 cm³/mol. The number of rotatable bonds is 7. The van der Waals surface area contributed by atoms with Gasteiger partial charge in [0.15, 0.2) is 18.1 Å². The topological polar surface area (TPSA) is 77.4 Å². The van der Waals surface area contributed by atoms with Crippen LogP contribution in [0.3, 0.4) is 0 Å². The summed E-state index contributed by atoms with van der Waals surface area (Å²) in [5, 5.41) is 8.17. The van der Waals surface area contributed by atoms with Gasteiger partial charge in [-0.25, -0.2) is 9.80 Å². The number of nitrogens with zero attached hydrogens (tertiary/aromatic N) is 2. The van der Waals surface area contributed by atoms with Crippen molar-refractivity contribution >= 4 is 40.5 Å². The molecule has 0 bridgehead atoms. The van der Waals surface area contributed by atoms with E-state index in [0.717, 1.165) is 16.2 Å². The van der Waals surface area contributed by atoms with Crippen LogP contribution in [0, 0.1) is 0 Å². The summed E-state index contributed by atoms with van der Waals surface area (Å²) in [5.74, 6) is 0.0299. The average molecular weight is 485 g/mol. The van der Waals surface area contributed by atoms with Crippen LogP contribution in [0.2, 0.25) is 5.02 Å². The lowest BCUT2D eigenvalue weighted by molar-refractivity contribution is -0.136. The largest absolute Gasteiger partial charge is 0.493 e. The van der Waals surface area contributed by atoms with Gasteiger partial charge in [-0.2, -0.15) is 5.10 Å². The van der Waals surface area contributed by atoms with Crippen molar-refractivity contribution in [2.45, 2.75) is 12.5 Å². The monoisotopic (exact) mass is 484 g/mol. The highest BCUT2D eigenvalue weighted by atomic mass is 35.5. The Bertz CT molecular complexity index is 1200. The van der Waals surface area contributed by atoms with E-state index in [1.54, 1.807) is 55.9 Å². The van der Waals surface area contributed by atoms with Crippen molar-refractivity contribution in [1.29, 1.82) is 0 Å². The predicted octanol–water partition coefficient (Wildman–Crippen LogP) is 4.95. The van der Waals surface area contributed by atoms with E-state index in [-0.39, 0.29) is 16.6 Å². The van der Waals surface area contributed by atoms with Crippen LogP contribution in [0.1, 0.15) is 33.3 Å². The highest BCUT2D eigenvalue weighted by Crippen LogP contribution is 2.37. The number of thiophene rings is 1. The van der Waals surface area contributed by atoms with Gasteiger partial charge in [0.05, 0.1) is 41.4 Å². The van der Waals surface area contributed by atoms with Crippen molar-refractivity contribution in [2.24, 2.45) is 5.10 Å². The molecule has 0 fully saturated rings. The molecule has 7 nitrogen and oxygen atoms in total. The van der Waals surface area contributed by atoms with E-state index in [4.69, 9.17) is 25.8 Å². The zero-order chi connectivity index (χ0) is 23.4. The Balaban J connectivity index is 1.57. The number of carbonyl (C=O) groups is 2. The van der Waals surface area contributed by atoms with Crippen LogP contribution in [-0.2, 0) is 9.53 Å². The van der Waals surface area contributed by atoms with Crippen LogP contribution in [0.5, 0.6) is 11.5 Å². The van der Waals surface area contributed by atoms with Gasteiger partial charge in [-0.15, -0.1) is 11.3 Å². The number of halogens is 1. The molecule has 2 aromatic carbocycles. The zero-order valence-electron chi connectivity index (χ0n) is 18.0. The third-order valence-corrected chi connectivity index (χ3v) is 6.43. The summed E-state index contributed by atoms with van der Waals surface area (Å²) in [4.78, 5) is 26.5. The number of methoxy groups -OCH3 is 2. The molecule has 1 aromatic heterocycles. The lowest BCUT2D eigenvalue weighted by atomic mass is 10.0. The van der Waals surface area contributed by atoms with Gasteiger partial charge in [0.1, 0.15) is 0 Å². The van der Waals surface area contributed by atoms with Crippen molar-refractivity contribution in [2.75, 3.05) is 20.8 Å². The van der Waals surface area contributed by atoms with E-state index in [0.29, 0.717) is 17.9 Å². The molecule has 9 heteroatoms. The standard InChI is InChI=1S/C24H21ClN2O5S/c1-30-20-10-9-15(12-21(20)31-2)19-13-18(22-8-5-11-33-22)26-27(19)23(28)14-32-24(29)16-6-3-4-7-17(16)25/h3-12,19H,13-14H2,1-2H3/t19-/m1/s1. The first-order chi connectivity index (χ1) is 16.0. The van der Waals surface area contributed by atoms with Crippen molar-refractivity contribution in [3.05, 3.63) is 81.0 Å². The first-order valence-electron chi connectivity index (χ1n) is 10.1. The van der Waals surface area contributed by atoms with Crippen LogP contribution in [0.15, 0.2) is 65.1 Å². The van der Waals surface area contributed by atoms with E-state index in [1.165, 1.54) is 5.01 Å². The van der Waals surface area contributed by atoms with Gasteiger partial charge in [-0.1, -0.05) is 35.9 Å². The van der Waals surface area contributed by atoms with E-state index in [2.05, 4.69) is 5.10 Å². The molecule has 2 heterocycles. The summed E-state index contributed by atoms with van der Waals surface area (Å²) in [5.41, 5.74) is 1.82. The Morgan fingerprint density at radius 1 is 1.09 bits per heavy atom. The number of ether oxygens (including phenoxy) is 3. The second kappa shape index (κ2) is 10.1. The Morgan fingerprint density at radius 3 is 2.58 bits per heavy atom. The van der Waals surface area contributed by atoms with Gasteiger partial charge >= 0.3 is 5.97 Å². The first kappa shape index (κ1) is 22.8. The fourth-order valence-electron chi connectivity index (χ4n) is 3.55. The molecular weight excluding hydrogens is 464 g/mol. The molecule has 0 aliphatic carbocycles. The third-order valence-electron chi connectivity index (χ3n) is 5.18. The van der Waals surface area contributed by atoms with Gasteiger partial charge < -0.3 is 14.2 Å². The third kappa shape index (κ3) is 4.86. The second-order valence-electron chi connectivity index (χ2n) is 7.15. The number of hydrazone groups is 1. The molecule has 0 N–H and O–H groups in total. The Kier molecular flexibility index (Phi) is 6.96. The van der Waals surface area contributed by atoms with Gasteiger partial charge in [-0.05, 0) is 41.3 Å². The minimum atomic E-state index is -0.668. The minimum absolute atomic E-state index is 0.201. The van der Waals surface area contributed by atoms with Gasteiger partial charge in [0.25, 0.3) is 5.91 Å². The summed E-state index contributed by atoms with van der Waals surface area (Å²) in [6, 6.07) is 15.5. The molecule has 1 aliphatic rings. The molecule has 3 aromatic rings. The van der Waals surface area contributed by atoms with Crippen LogP contribution >= 0.6 is 22.9 Å². The molecule has 4 rings (SSSR count). The van der Waals surface area contributed by atoms with Crippen molar-refractivity contribution in [1.82, 2.24) is 5.01 Å². The maximum Gasteiger partial charge on any atom is 0.340 e. The molecule has 0 radical (unpaired) electrons. The maximum atomic E-state index is 13.1. The van der Waals surface area contributed by atoms with E-state index < -0.39 is 18.5 Å². The van der Waals surface area contributed by atoms with Crippen LogP contribution < -0.4 is 9.47 Å². The van der Waals surface area contributed by atoms with E-state index in [9.17, 15) is 9.59 Å². The van der Waals surface area contributed by atoms with Crippen molar-refractivity contribution < 1.29 is 23.8 Å². The summed E-state index contributed by atoms with van der Waals surface area (Å²) >= 11 is 7.60. The normalized spacial score (nSPS) is 15.2. The Labute approximate surface area is 200 Å². The zero-order valence-corrected chi connectivity index (χ0v) is 19.6. The van der Waals surface area contributed by atoms with Crippen LogP contribution in [0.4, 0.5) is 0 Å². The number of hydrogen-bond donors (Lipinski definition) is 0. The molecule has 0 spiro atoms. The quantitative estimate of drug-likeness (QED) is 0.443. The first-order valence-corrected chi connectivity index (χ1v) is 11.3. The average Bonchev–Trinajstić information content (AvgIpc) is 3.52. The summed E-state index contributed by atoms with van der Waals surface area (Å²) in [7, 11) is 3.12. The van der Waals surface area contributed by atoms with Gasteiger partial charge in [-0.3, -0.25) is 4.79 Å². The van der Waals surface area contributed by atoms with E-state index in [1.807, 2.05) is 29.6 Å². The molecule has 1 aliphatic heterocycles. The van der Waals surface area contributed by atoms with Crippen LogP contribution in [0.25, 0.3) is 0 Å². The number of benzene rings is 2. The molecule has 170 valence electrons. The number of amides is 1. The van der Waals surface area contributed by atoms with Crippen LogP contribution in [-0.4, -0.2) is 43.4 Å². The lowest BCUT2D eigenvalue weighted by Gasteiger charge is -2.22. The maximum absolute atomic E-state index is 13.1. The molecule has 1 atom stereocenters. The Morgan fingerprint density at radius 2 is 1.88 bits per heavy atom. The molecule has 0 saturated carbocycles. The molecule has 1 amide bonds. The summed E-state index contributed by atoms with van der Waals surface area (Å²) in [6.07, 6.45) is 0.514. The number of hydrogen-bond acceptors (Lipinski definition) is 7.